The van der Waals surface area contributed by atoms with E-state index in [1.165, 1.54) is 0 Å². The predicted octanol–water partition coefficient (Wildman–Crippen LogP) is 0.945. The van der Waals surface area contributed by atoms with Crippen molar-refractivity contribution in [2.24, 2.45) is 0 Å². The second kappa shape index (κ2) is 4.02. The number of carbonyl (C=O) groups is 1. The summed E-state index contributed by atoms with van der Waals surface area (Å²) in [6.45, 7) is 3.75. The maximum Gasteiger partial charge on any atom is 0.312 e. The molecule has 1 heterocycles. The molecule has 0 bridgehead atoms. The molecular formula is C8H13N3O2. The Balaban J connectivity index is 2.96. The molecule has 0 saturated carbocycles. The molecule has 1 aromatic rings. The first kappa shape index (κ1) is 9.70. The highest BCUT2D eigenvalue weighted by Gasteiger charge is 2.23. The van der Waals surface area contributed by atoms with Crippen molar-refractivity contribution >= 4 is 5.97 Å². The minimum Gasteiger partial charge on any atom is -0.481 e. The van der Waals surface area contributed by atoms with Crippen LogP contribution in [0.5, 0.6) is 0 Å². The Morgan fingerprint density at radius 2 is 2.23 bits per heavy atom. The van der Waals surface area contributed by atoms with E-state index in [1.807, 2.05) is 13.8 Å². The van der Waals surface area contributed by atoms with Gasteiger partial charge in [0.15, 0.2) is 0 Å². The van der Waals surface area contributed by atoms with Gasteiger partial charge in [-0.15, -0.1) is 0 Å². The van der Waals surface area contributed by atoms with E-state index >= 15 is 0 Å². The second-order valence-electron chi connectivity index (χ2n) is 2.81. The minimum absolute atomic E-state index is 0.534. The first-order valence-electron chi connectivity index (χ1n) is 4.33. The Hall–Kier alpha value is -1.39. The Bertz CT molecular complexity index is 295. The van der Waals surface area contributed by atoms with E-state index in [-0.39, 0.29) is 0 Å². The summed E-state index contributed by atoms with van der Waals surface area (Å²) < 4.78 is 0. The number of nitrogens with zero attached hydrogens (tertiary/aromatic N) is 2. The number of hydrogen-bond acceptors (Lipinski definition) is 3. The number of aromatic amines is 1. The molecule has 0 aromatic carbocycles. The van der Waals surface area contributed by atoms with Crippen molar-refractivity contribution < 1.29 is 9.90 Å². The molecule has 1 unspecified atom stereocenters. The lowest BCUT2D eigenvalue weighted by molar-refractivity contribution is -0.139. The van der Waals surface area contributed by atoms with Gasteiger partial charge in [0.25, 0.3) is 0 Å². The van der Waals surface area contributed by atoms with E-state index in [0.717, 1.165) is 5.69 Å². The number of carboxylic acids is 1. The summed E-state index contributed by atoms with van der Waals surface area (Å²) in [5.74, 6) is -1.38. The monoisotopic (exact) mass is 183 g/mol. The molecule has 0 spiro atoms. The quantitative estimate of drug-likeness (QED) is 0.728. The summed E-state index contributed by atoms with van der Waals surface area (Å²) >= 11 is 0. The summed E-state index contributed by atoms with van der Waals surface area (Å²) in [6, 6.07) is 0. The highest BCUT2D eigenvalue weighted by molar-refractivity contribution is 5.75. The summed E-state index contributed by atoms with van der Waals surface area (Å²) in [7, 11) is 0. The number of rotatable bonds is 4. The van der Waals surface area contributed by atoms with E-state index in [2.05, 4.69) is 15.4 Å². The van der Waals surface area contributed by atoms with Gasteiger partial charge in [-0.25, -0.2) is 0 Å². The third-order valence-electron chi connectivity index (χ3n) is 2.02. The van der Waals surface area contributed by atoms with Crippen LogP contribution in [0.3, 0.4) is 0 Å². The van der Waals surface area contributed by atoms with Crippen molar-refractivity contribution in [2.75, 3.05) is 0 Å². The van der Waals surface area contributed by atoms with Crippen LogP contribution in [0.1, 0.15) is 37.6 Å². The highest BCUT2D eigenvalue weighted by Crippen LogP contribution is 2.19. The third-order valence-corrected chi connectivity index (χ3v) is 2.02. The Kier molecular flexibility index (Phi) is 3.00. The molecule has 0 aliphatic rings. The average Bonchev–Trinajstić information content (AvgIpc) is 2.53. The van der Waals surface area contributed by atoms with E-state index < -0.39 is 11.9 Å². The highest BCUT2D eigenvalue weighted by atomic mass is 16.4. The van der Waals surface area contributed by atoms with Crippen LogP contribution in [0.4, 0.5) is 0 Å². The Labute approximate surface area is 76.2 Å². The third kappa shape index (κ3) is 1.85. The Morgan fingerprint density at radius 3 is 2.69 bits per heavy atom. The molecule has 2 N–H and O–H groups in total. The van der Waals surface area contributed by atoms with Crippen molar-refractivity contribution in [1.29, 1.82) is 0 Å². The maximum absolute atomic E-state index is 10.8. The number of carboxylic acid groups (broad SMARTS) is 1. The molecular weight excluding hydrogens is 170 g/mol. The Morgan fingerprint density at radius 1 is 1.54 bits per heavy atom. The fourth-order valence-electron chi connectivity index (χ4n) is 1.29. The molecule has 0 amide bonds. The molecule has 5 nitrogen and oxygen atoms in total. The van der Waals surface area contributed by atoms with E-state index in [1.54, 1.807) is 0 Å². The van der Waals surface area contributed by atoms with Gasteiger partial charge in [0.1, 0.15) is 5.92 Å². The SMILES string of the molecule is CCc1n[nH]nc1C(CC)C(=O)O. The molecule has 0 fully saturated rings. The fourth-order valence-corrected chi connectivity index (χ4v) is 1.29. The van der Waals surface area contributed by atoms with Crippen molar-refractivity contribution in [2.45, 2.75) is 32.6 Å². The molecule has 1 aromatic heterocycles. The molecule has 0 aliphatic heterocycles. The lowest BCUT2D eigenvalue weighted by Crippen LogP contribution is -2.12. The number of aryl methyl sites for hydroxylation is 1. The molecule has 0 saturated heterocycles. The van der Waals surface area contributed by atoms with E-state index in [4.69, 9.17) is 5.11 Å². The average molecular weight is 183 g/mol. The number of aromatic nitrogens is 3. The van der Waals surface area contributed by atoms with Crippen LogP contribution in [0.15, 0.2) is 0 Å². The van der Waals surface area contributed by atoms with Gasteiger partial charge in [0, 0.05) is 0 Å². The van der Waals surface area contributed by atoms with Crippen molar-refractivity contribution in [3.05, 3.63) is 11.4 Å². The number of nitrogens with one attached hydrogen (secondary N) is 1. The zero-order valence-corrected chi connectivity index (χ0v) is 7.74. The normalized spacial score (nSPS) is 12.8. The van der Waals surface area contributed by atoms with E-state index in [0.29, 0.717) is 18.5 Å². The lowest BCUT2D eigenvalue weighted by atomic mass is 10.0. The minimum atomic E-state index is -0.842. The van der Waals surface area contributed by atoms with Crippen LogP contribution in [0.25, 0.3) is 0 Å². The number of hydrogen-bond donors (Lipinski definition) is 2. The topological polar surface area (TPSA) is 78.9 Å². The van der Waals surface area contributed by atoms with Crippen molar-refractivity contribution in [3.8, 4) is 0 Å². The standard InChI is InChI=1S/C8H13N3O2/c1-3-5(8(12)13)7-6(4-2)9-11-10-7/h5H,3-4H2,1-2H3,(H,12,13)(H,9,10,11). The van der Waals surface area contributed by atoms with E-state index in [9.17, 15) is 4.79 Å². The van der Waals surface area contributed by atoms with Gasteiger partial charge in [0.05, 0.1) is 11.4 Å². The maximum atomic E-state index is 10.8. The van der Waals surface area contributed by atoms with Crippen LogP contribution >= 0.6 is 0 Å². The number of aliphatic carboxylic acids is 1. The molecule has 72 valence electrons. The zero-order valence-electron chi connectivity index (χ0n) is 7.74. The van der Waals surface area contributed by atoms with Gasteiger partial charge in [-0.2, -0.15) is 15.4 Å². The van der Waals surface area contributed by atoms with Crippen LogP contribution in [0.2, 0.25) is 0 Å². The summed E-state index contributed by atoms with van der Waals surface area (Å²) in [4.78, 5) is 10.8. The molecule has 5 heteroatoms. The van der Waals surface area contributed by atoms with Gasteiger partial charge >= 0.3 is 5.97 Å². The fraction of sp³-hybridized carbons (Fsp3) is 0.625. The first-order chi connectivity index (χ1) is 6.20. The molecule has 1 rings (SSSR count). The first-order valence-corrected chi connectivity index (χ1v) is 4.33. The van der Waals surface area contributed by atoms with Crippen LogP contribution in [-0.2, 0) is 11.2 Å². The molecule has 0 radical (unpaired) electrons. The van der Waals surface area contributed by atoms with Crippen LogP contribution < -0.4 is 0 Å². The van der Waals surface area contributed by atoms with Gasteiger partial charge in [-0.3, -0.25) is 4.79 Å². The van der Waals surface area contributed by atoms with Gasteiger partial charge < -0.3 is 5.11 Å². The van der Waals surface area contributed by atoms with Gasteiger partial charge in [-0.05, 0) is 12.8 Å². The largest absolute Gasteiger partial charge is 0.481 e. The van der Waals surface area contributed by atoms with Crippen LogP contribution in [-0.4, -0.2) is 26.5 Å². The van der Waals surface area contributed by atoms with Crippen molar-refractivity contribution in [1.82, 2.24) is 15.4 Å². The predicted molar refractivity (Wildman–Crippen MR) is 46.4 cm³/mol. The zero-order chi connectivity index (χ0) is 9.84. The molecule has 13 heavy (non-hydrogen) atoms. The number of H-pyrrole nitrogens is 1. The lowest BCUT2D eigenvalue weighted by Gasteiger charge is -2.06. The molecule has 0 aliphatic carbocycles. The summed E-state index contributed by atoms with van der Waals surface area (Å²) in [5, 5.41) is 19.1. The smallest absolute Gasteiger partial charge is 0.312 e. The summed E-state index contributed by atoms with van der Waals surface area (Å²) in [6.07, 6.45) is 1.24. The molecule has 1 atom stereocenters. The van der Waals surface area contributed by atoms with Gasteiger partial charge in [0.2, 0.25) is 0 Å². The van der Waals surface area contributed by atoms with Crippen molar-refractivity contribution in [3.63, 3.8) is 0 Å². The summed E-state index contributed by atoms with van der Waals surface area (Å²) in [5.41, 5.74) is 1.31. The van der Waals surface area contributed by atoms with Gasteiger partial charge in [-0.1, -0.05) is 13.8 Å². The second-order valence-corrected chi connectivity index (χ2v) is 2.81. The van der Waals surface area contributed by atoms with Crippen LogP contribution in [0, 0.1) is 0 Å².